The van der Waals surface area contributed by atoms with Gasteiger partial charge in [0, 0.05) is 23.7 Å². The minimum atomic E-state index is -4.58. The van der Waals surface area contributed by atoms with Crippen molar-refractivity contribution < 1.29 is 32.2 Å². The summed E-state index contributed by atoms with van der Waals surface area (Å²) in [6.07, 6.45) is -3.73. The molecule has 174 valence electrons. The molecule has 0 unspecified atom stereocenters. The number of alkyl halides is 3. The molecule has 0 aliphatic rings. The van der Waals surface area contributed by atoms with Gasteiger partial charge in [0.1, 0.15) is 16.4 Å². The van der Waals surface area contributed by atoms with E-state index in [-0.39, 0.29) is 24.3 Å². The van der Waals surface area contributed by atoms with Crippen molar-refractivity contribution in [2.24, 2.45) is 0 Å². The standard InChI is InChI=1S/C21H19F3N4O4S/c1-31-15-5-3-4-12(18(15)32-2)8-26-20(30)14-11-33-17(28-14)10-27-19(29)13-6-7-16(25-9-13)21(22,23)24/h3-7,9,11H,8,10H2,1-2H3,(H,26,30)(H,27,29). The van der Waals surface area contributed by atoms with E-state index < -0.39 is 23.7 Å². The van der Waals surface area contributed by atoms with E-state index in [4.69, 9.17) is 9.47 Å². The van der Waals surface area contributed by atoms with Crippen LogP contribution >= 0.6 is 11.3 Å². The van der Waals surface area contributed by atoms with Crippen molar-refractivity contribution in [3.8, 4) is 11.5 Å². The zero-order valence-corrected chi connectivity index (χ0v) is 18.3. The number of hydrogen-bond acceptors (Lipinski definition) is 7. The van der Waals surface area contributed by atoms with Gasteiger partial charge in [-0.05, 0) is 18.2 Å². The molecule has 33 heavy (non-hydrogen) atoms. The van der Waals surface area contributed by atoms with Crippen molar-refractivity contribution in [2.45, 2.75) is 19.3 Å². The zero-order chi connectivity index (χ0) is 24.0. The van der Waals surface area contributed by atoms with Crippen LogP contribution in [-0.2, 0) is 19.3 Å². The lowest BCUT2D eigenvalue weighted by atomic mass is 10.2. The van der Waals surface area contributed by atoms with Crippen LogP contribution in [0.4, 0.5) is 13.2 Å². The van der Waals surface area contributed by atoms with E-state index in [0.717, 1.165) is 35.2 Å². The van der Waals surface area contributed by atoms with E-state index in [0.29, 0.717) is 16.5 Å². The van der Waals surface area contributed by atoms with Gasteiger partial charge in [0.15, 0.2) is 11.5 Å². The number of nitrogens with one attached hydrogen (secondary N) is 2. The number of amides is 2. The van der Waals surface area contributed by atoms with Crippen LogP contribution in [0.2, 0.25) is 0 Å². The molecular formula is C21H19F3N4O4S. The number of hydrogen-bond donors (Lipinski definition) is 2. The molecule has 2 N–H and O–H groups in total. The van der Waals surface area contributed by atoms with Gasteiger partial charge in [0.05, 0.1) is 26.3 Å². The Hall–Kier alpha value is -3.67. The fourth-order valence-electron chi connectivity index (χ4n) is 2.81. The third kappa shape index (κ3) is 5.98. The number of pyridine rings is 1. The molecule has 8 nitrogen and oxygen atoms in total. The van der Waals surface area contributed by atoms with Gasteiger partial charge in [-0.3, -0.25) is 14.6 Å². The summed E-state index contributed by atoms with van der Waals surface area (Å²) in [5.74, 6) is 0.0297. The fraction of sp³-hybridized carbons (Fsp3) is 0.238. The number of para-hydroxylation sites is 1. The van der Waals surface area contributed by atoms with Crippen molar-refractivity contribution in [3.05, 3.63) is 69.4 Å². The highest BCUT2D eigenvalue weighted by Crippen LogP contribution is 2.30. The van der Waals surface area contributed by atoms with Gasteiger partial charge in [0.2, 0.25) is 0 Å². The minimum Gasteiger partial charge on any atom is -0.493 e. The molecule has 0 fully saturated rings. The lowest BCUT2D eigenvalue weighted by Gasteiger charge is -2.12. The Labute approximate surface area is 190 Å². The molecule has 0 saturated heterocycles. The van der Waals surface area contributed by atoms with Gasteiger partial charge in [0.25, 0.3) is 11.8 Å². The third-order valence-corrected chi connectivity index (χ3v) is 5.27. The first kappa shape index (κ1) is 24.0. The van der Waals surface area contributed by atoms with Crippen molar-refractivity contribution in [3.63, 3.8) is 0 Å². The molecule has 2 aromatic heterocycles. The Balaban J connectivity index is 1.55. The maximum absolute atomic E-state index is 12.6. The summed E-state index contributed by atoms with van der Waals surface area (Å²) in [7, 11) is 3.02. The van der Waals surface area contributed by atoms with E-state index >= 15 is 0 Å². The molecule has 0 saturated carbocycles. The predicted molar refractivity (Wildman–Crippen MR) is 113 cm³/mol. The Bertz CT molecular complexity index is 1130. The molecule has 0 bridgehead atoms. The third-order valence-electron chi connectivity index (χ3n) is 4.42. The number of carbonyl (C=O) groups excluding carboxylic acids is 2. The largest absolute Gasteiger partial charge is 0.493 e. The highest BCUT2D eigenvalue weighted by molar-refractivity contribution is 7.09. The summed E-state index contributed by atoms with van der Waals surface area (Å²) in [6, 6.07) is 7.08. The number of benzene rings is 1. The van der Waals surface area contributed by atoms with Crippen molar-refractivity contribution in [1.82, 2.24) is 20.6 Å². The second kappa shape index (κ2) is 10.3. The lowest BCUT2D eigenvalue weighted by Crippen LogP contribution is -2.25. The zero-order valence-electron chi connectivity index (χ0n) is 17.5. The Kier molecular flexibility index (Phi) is 7.48. The molecule has 0 aliphatic carbocycles. The van der Waals surface area contributed by atoms with Crippen LogP contribution in [0.3, 0.4) is 0 Å². The summed E-state index contributed by atoms with van der Waals surface area (Å²) >= 11 is 1.16. The molecule has 0 spiro atoms. The smallest absolute Gasteiger partial charge is 0.433 e. The molecule has 3 rings (SSSR count). The summed E-state index contributed by atoms with van der Waals surface area (Å²) in [5.41, 5.74) is -0.216. The van der Waals surface area contributed by atoms with E-state index in [2.05, 4.69) is 20.6 Å². The lowest BCUT2D eigenvalue weighted by molar-refractivity contribution is -0.141. The van der Waals surface area contributed by atoms with Crippen LogP contribution in [0.15, 0.2) is 41.9 Å². The van der Waals surface area contributed by atoms with Crippen LogP contribution < -0.4 is 20.1 Å². The quantitative estimate of drug-likeness (QED) is 0.512. The average molecular weight is 480 g/mol. The summed E-state index contributed by atoms with van der Waals surface area (Å²) in [4.78, 5) is 32.0. The molecule has 0 aliphatic heterocycles. The fourth-order valence-corrected chi connectivity index (χ4v) is 3.52. The SMILES string of the molecule is COc1cccc(CNC(=O)c2csc(CNC(=O)c3ccc(C(F)(F)F)nc3)n2)c1OC. The molecule has 0 radical (unpaired) electrons. The molecule has 3 aromatic rings. The molecule has 1 aromatic carbocycles. The highest BCUT2D eigenvalue weighted by Gasteiger charge is 2.32. The summed E-state index contributed by atoms with van der Waals surface area (Å²) in [6.45, 7) is 0.186. The van der Waals surface area contributed by atoms with Gasteiger partial charge in [-0.1, -0.05) is 12.1 Å². The number of aromatic nitrogens is 2. The molecule has 2 amide bonds. The summed E-state index contributed by atoms with van der Waals surface area (Å²) < 4.78 is 48.3. The Morgan fingerprint density at radius 3 is 2.42 bits per heavy atom. The van der Waals surface area contributed by atoms with Crippen LogP contribution in [0.5, 0.6) is 11.5 Å². The molecule has 2 heterocycles. The summed E-state index contributed by atoms with van der Waals surface area (Å²) in [5, 5.41) is 7.27. The van der Waals surface area contributed by atoms with E-state index in [1.807, 2.05) is 0 Å². The maximum atomic E-state index is 12.6. The molecule has 0 atom stereocenters. The van der Waals surface area contributed by atoms with Gasteiger partial charge >= 0.3 is 6.18 Å². The number of carbonyl (C=O) groups is 2. The second-order valence-corrected chi connectivity index (χ2v) is 7.52. The van der Waals surface area contributed by atoms with E-state index in [1.165, 1.54) is 14.2 Å². The van der Waals surface area contributed by atoms with Gasteiger partial charge in [-0.2, -0.15) is 13.2 Å². The first-order valence-corrected chi connectivity index (χ1v) is 10.3. The van der Waals surface area contributed by atoms with Crippen LogP contribution in [0, 0.1) is 0 Å². The first-order valence-electron chi connectivity index (χ1n) is 9.47. The topological polar surface area (TPSA) is 102 Å². The Morgan fingerprint density at radius 1 is 1.03 bits per heavy atom. The maximum Gasteiger partial charge on any atom is 0.433 e. The number of nitrogens with zero attached hydrogens (tertiary/aromatic N) is 2. The number of rotatable bonds is 8. The van der Waals surface area contributed by atoms with Gasteiger partial charge in [-0.15, -0.1) is 11.3 Å². The van der Waals surface area contributed by atoms with Crippen molar-refractivity contribution in [2.75, 3.05) is 14.2 Å². The van der Waals surface area contributed by atoms with Crippen LogP contribution in [0.1, 0.15) is 37.1 Å². The van der Waals surface area contributed by atoms with E-state index in [1.54, 1.807) is 23.6 Å². The highest BCUT2D eigenvalue weighted by atomic mass is 32.1. The number of ether oxygens (including phenoxy) is 2. The van der Waals surface area contributed by atoms with Crippen LogP contribution in [-0.4, -0.2) is 36.0 Å². The average Bonchev–Trinajstić information content (AvgIpc) is 3.29. The second-order valence-electron chi connectivity index (χ2n) is 6.57. The molecular weight excluding hydrogens is 461 g/mol. The number of methoxy groups -OCH3 is 2. The van der Waals surface area contributed by atoms with Gasteiger partial charge < -0.3 is 20.1 Å². The van der Waals surface area contributed by atoms with Crippen molar-refractivity contribution in [1.29, 1.82) is 0 Å². The van der Waals surface area contributed by atoms with Crippen molar-refractivity contribution >= 4 is 23.2 Å². The Morgan fingerprint density at radius 2 is 1.79 bits per heavy atom. The monoisotopic (exact) mass is 480 g/mol. The van der Waals surface area contributed by atoms with Gasteiger partial charge in [-0.25, -0.2) is 4.98 Å². The van der Waals surface area contributed by atoms with Crippen LogP contribution in [0.25, 0.3) is 0 Å². The normalized spacial score (nSPS) is 11.1. The number of thiazole rings is 1. The first-order chi connectivity index (χ1) is 15.7. The molecule has 12 heteroatoms. The van der Waals surface area contributed by atoms with E-state index in [9.17, 15) is 22.8 Å². The predicted octanol–water partition coefficient (Wildman–Crippen LogP) is 3.43. The minimum absolute atomic E-state index is 0.00150. The number of halogens is 3.